The molecule has 0 radical (unpaired) electrons. The Kier molecular flexibility index (Phi) is 10.6. The van der Waals surface area contributed by atoms with Crippen LogP contribution in [0.15, 0.2) is 17.1 Å². The van der Waals surface area contributed by atoms with E-state index in [0.717, 1.165) is 51.0 Å². The number of guanidine groups is 1. The Morgan fingerprint density at radius 3 is 2.50 bits per heavy atom. The predicted molar refractivity (Wildman–Crippen MR) is 115 cm³/mol. The topological polar surface area (TPSA) is 68.8 Å². The highest BCUT2D eigenvalue weighted by Crippen LogP contribution is 2.19. The fourth-order valence-corrected chi connectivity index (χ4v) is 2.99. The van der Waals surface area contributed by atoms with Gasteiger partial charge in [0.15, 0.2) is 23.4 Å². The Bertz CT molecular complexity index is 681. The van der Waals surface area contributed by atoms with Crippen molar-refractivity contribution in [1.29, 1.82) is 0 Å². The molecule has 0 spiro atoms. The third-order valence-electron chi connectivity index (χ3n) is 4.42. The van der Waals surface area contributed by atoms with Crippen molar-refractivity contribution in [3.63, 3.8) is 0 Å². The molecule has 0 bridgehead atoms. The first-order valence-electron chi connectivity index (χ1n) is 9.07. The smallest absolute Gasteiger partial charge is 0.243 e. The summed E-state index contributed by atoms with van der Waals surface area (Å²) < 4.78 is 39.7. The van der Waals surface area contributed by atoms with E-state index >= 15 is 0 Å². The molecular formula is C18H27F3IN5O. The van der Waals surface area contributed by atoms with Gasteiger partial charge in [0.1, 0.15) is 0 Å². The van der Waals surface area contributed by atoms with Gasteiger partial charge in [-0.1, -0.05) is 6.92 Å². The summed E-state index contributed by atoms with van der Waals surface area (Å²) in [6.07, 6.45) is 3.09. The highest BCUT2D eigenvalue weighted by atomic mass is 127. The van der Waals surface area contributed by atoms with E-state index in [1.54, 1.807) is 7.05 Å². The van der Waals surface area contributed by atoms with E-state index in [2.05, 4.69) is 32.8 Å². The lowest BCUT2D eigenvalue weighted by atomic mass is 10.1. The van der Waals surface area contributed by atoms with Gasteiger partial charge in [-0.3, -0.25) is 9.79 Å². The summed E-state index contributed by atoms with van der Waals surface area (Å²) in [6, 6.07) is 1.99. The lowest BCUT2D eigenvalue weighted by Gasteiger charge is -2.32. The van der Waals surface area contributed by atoms with Gasteiger partial charge in [0.2, 0.25) is 5.91 Å². The maximum Gasteiger partial charge on any atom is 0.243 e. The Morgan fingerprint density at radius 1 is 1.21 bits per heavy atom. The van der Waals surface area contributed by atoms with E-state index < -0.39 is 29.0 Å². The zero-order chi connectivity index (χ0) is 19.8. The van der Waals surface area contributed by atoms with Crippen LogP contribution in [0.25, 0.3) is 0 Å². The van der Waals surface area contributed by atoms with Crippen LogP contribution in [0.3, 0.4) is 0 Å². The van der Waals surface area contributed by atoms with Gasteiger partial charge in [0.05, 0.1) is 12.2 Å². The molecular weight excluding hydrogens is 486 g/mol. The summed E-state index contributed by atoms with van der Waals surface area (Å²) >= 11 is 0. The lowest BCUT2D eigenvalue weighted by Crippen LogP contribution is -2.49. The summed E-state index contributed by atoms with van der Waals surface area (Å²) in [4.78, 5) is 18.4. The number of nitrogens with zero attached hydrogens (tertiary/aromatic N) is 2. The highest BCUT2D eigenvalue weighted by molar-refractivity contribution is 14.0. The Labute approximate surface area is 180 Å². The largest absolute Gasteiger partial charge is 0.354 e. The van der Waals surface area contributed by atoms with Crippen molar-refractivity contribution >= 4 is 41.5 Å². The maximum atomic E-state index is 13.6. The average molecular weight is 513 g/mol. The normalized spacial score (nSPS) is 15.7. The molecule has 1 aliphatic rings. The second-order valence-corrected chi connectivity index (χ2v) is 6.46. The standard InChI is InChI=1S/C18H26F3N5O.HI/c1-3-8-26-9-6-12(7-10-26)24-18(22-2)23-11-15(27)25-14-5-4-13(19)16(20)17(14)21;/h4-5,12H,3,6-11H2,1-2H3,(H,25,27)(H2,22,23,24);1H. The molecule has 1 aromatic rings. The molecule has 0 aromatic heterocycles. The molecule has 10 heteroatoms. The number of anilines is 1. The summed E-state index contributed by atoms with van der Waals surface area (Å²) in [5.41, 5.74) is -0.410. The number of rotatable bonds is 6. The van der Waals surface area contributed by atoms with Crippen LogP contribution in [0.5, 0.6) is 0 Å². The number of carbonyl (C=O) groups excluding carboxylic acids is 1. The molecule has 1 heterocycles. The number of benzene rings is 1. The number of hydrogen-bond donors (Lipinski definition) is 3. The quantitative estimate of drug-likeness (QED) is 0.237. The number of nitrogens with one attached hydrogen (secondary N) is 3. The van der Waals surface area contributed by atoms with E-state index in [-0.39, 0.29) is 36.6 Å². The van der Waals surface area contributed by atoms with Crippen molar-refractivity contribution < 1.29 is 18.0 Å². The minimum absolute atomic E-state index is 0. The molecule has 158 valence electrons. The van der Waals surface area contributed by atoms with Crippen LogP contribution in [0, 0.1) is 17.5 Å². The second-order valence-electron chi connectivity index (χ2n) is 6.46. The monoisotopic (exact) mass is 513 g/mol. The van der Waals surface area contributed by atoms with E-state index in [1.807, 2.05) is 0 Å². The molecule has 1 fully saturated rings. The molecule has 0 aliphatic carbocycles. The van der Waals surface area contributed by atoms with E-state index in [9.17, 15) is 18.0 Å². The zero-order valence-electron chi connectivity index (χ0n) is 16.0. The molecule has 6 nitrogen and oxygen atoms in total. The van der Waals surface area contributed by atoms with Crippen LogP contribution >= 0.6 is 24.0 Å². The molecule has 1 amide bonds. The highest BCUT2D eigenvalue weighted by Gasteiger charge is 2.20. The van der Waals surface area contributed by atoms with Crippen molar-refractivity contribution in [3.8, 4) is 0 Å². The van der Waals surface area contributed by atoms with Crippen molar-refractivity contribution in [1.82, 2.24) is 15.5 Å². The van der Waals surface area contributed by atoms with E-state index in [1.165, 1.54) is 0 Å². The number of likely N-dealkylation sites (tertiary alicyclic amines) is 1. The first kappa shape index (κ1) is 24.5. The van der Waals surface area contributed by atoms with Crippen molar-refractivity contribution in [3.05, 3.63) is 29.6 Å². The first-order chi connectivity index (χ1) is 12.9. The van der Waals surface area contributed by atoms with Gasteiger partial charge in [-0.2, -0.15) is 0 Å². The number of hydrogen-bond acceptors (Lipinski definition) is 3. The van der Waals surface area contributed by atoms with Crippen molar-refractivity contribution in [2.24, 2.45) is 4.99 Å². The van der Waals surface area contributed by atoms with Crippen LogP contribution in [-0.4, -0.2) is 56.0 Å². The molecule has 1 aromatic carbocycles. The molecule has 0 atom stereocenters. The summed E-state index contributed by atoms with van der Waals surface area (Å²) in [5, 5.41) is 8.31. The minimum Gasteiger partial charge on any atom is -0.354 e. The third-order valence-corrected chi connectivity index (χ3v) is 4.42. The second kappa shape index (κ2) is 12.1. The van der Waals surface area contributed by atoms with Gasteiger partial charge in [0, 0.05) is 26.2 Å². The zero-order valence-corrected chi connectivity index (χ0v) is 18.4. The molecule has 0 saturated carbocycles. The van der Waals surface area contributed by atoms with Gasteiger partial charge in [-0.05, 0) is 37.9 Å². The fraction of sp³-hybridized carbons (Fsp3) is 0.556. The van der Waals surface area contributed by atoms with Gasteiger partial charge < -0.3 is 20.9 Å². The fourth-order valence-electron chi connectivity index (χ4n) is 2.99. The lowest BCUT2D eigenvalue weighted by molar-refractivity contribution is -0.115. The van der Waals surface area contributed by atoms with E-state index in [0.29, 0.717) is 5.96 Å². The van der Waals surface area contributed by atoms with Crippen molar-refractivity contribution in [2.75, 3.05) is 38.5 Å². The first-order valence-corrected chi connectivity index (χ1v) is 9.07. The average Bonchev–Trinajstić information content (AvgIpc) is 2.67. The van der Waals surface area contributed by atoms with E-state index in [4.69, 9.17) is 0 Å². The number of piperidine rings is 1. The van der Waals surface area contributed by atoms with Gasteiger partial charge in [-0.25, -0.2) is 13.2 Å². The number of aliphatic imine (C=N–C) groups is 1. The Morgan fingerprint density at radius 2 is 1.89 bits per heavy atom. The van der Waals surface area contributed by atoms with Gasteiger partial charge in [-0.15, -0.1) is 24.0 Å². The maximum absolute atomic E-state index is 13.6. The SMILES string of the molecule is CCCN1CCC(NC(=NC)NCC(=O)Nc2ccc(F)c(F)c2F)CC1.I. The predicted octanol–water partition coefficient (Wildman–Crippen LogP) is 2.70. The third kappa shape index (κ3) is 7.12. The Balaban J connectivity index is 0.00000392. The summed E-state index contributed by atoms with van der Waals surface area (Å²) in [7, 11) is 1.59. The molecule has 28 heavy (non-hydrogen) atoms. The molecule has 1 aliphatic heterocycles. The summed E-state index contributed by atoms with van der Waals surface area (Å²) in [6.45, 7) is 5.09. The number of halogens is 4. The van der Waals surface area contributed by atoms with Crippen LogP contribution in [0.1, 0.15) is 26.2 Å². The van der Waals surface area contributed by atoms with Gasteiger partial charge >= 0.3 is 0 Å². The van der Waals surface area contributed by atoms with Crippen LogP contribution in [-0.2, 0) is 4.79 Å². The minimum atomic E-state index is -1.62. The molecule has 2 rings (SSSR count). The van der Waals surface area contributed by atoms with Crippen LogP contribution < -0.4 is 16.0 Å². The molecule has 3 N–H and O–H groups in total. The van der Waals surface area contributed by atoms with Crippen molar-refractivity contribution in [2.45, 2.75) is 32.2 Å². The summed E-state index contributed by atoms with van der Waals surface area (Å²) in [5.74, 6) is -4.49. The van der Waals surface area contributed by atoms with Crippen LogP contribution in [0.4, 0.5) is 18.9 Å². The van der Waals surface area contributed by atoms with Gasteiger partial charge in [0.25, 0.3) is 0 Å². The number of amides is 1. The Hall–Kier alpha value is -1.56. The van der Waals surface area contributed by atoms with Crippen LogP contribution in [0.2, 0.25) is 0 Å². The molecule has 0 unspecified atom stereocenters. The molecule has 1 saturated heterocycles. The number of carbonyl (C=O) groups is 1.